The highest BCUT2D eigenvalue weighted by molar-refractivity contribution is 5.98. The molecule has 2 heterocycles. The molecule has 0 aromatic carbocycles. The first-order chi connectivity index (χ1) is 5.79. The molecule has 0 bridgehead atoms. The predicted molar refractivity (Wildman–Crippen MR) is 41.5 cm³/mol. The summed E-state index contributed by atoms with van der Waals surface area (Å²) in [5, 5.41) is 3.93. The fourth-order valence-electron chi connectivity index (χ4n) is 1.03. The topological polar surface area (TPSA) is 73.3 Å². The van der Waals surface area contributed by atoms with E-state index in [9.17, 15) is 4.79 Å². The molecule has 60 valence electrons. The second-order valence-electron chi connectivity index (χ2n) is 2.30. The summed E-state index contributed by atoms with van der Waals surface area (Å²) in [5.74, 6) is -0.492. The standard InChI is InChI=1S/C7H6N4O/c8-6(12)5-1-2-10-11-4-3-9-7(5)11/h1-4H,(H2,8,12). The molecule has 2 rings (SSSR count). The average Bonchev–Trinajstić information content (AvgIpc) is 2.49. The molecule has 0 spiro atoms. The van der Waals surface area contributed by atoms with E-state index in [1.165, 1.54) is 10.7 Å². The van der Waals surface area contributed by atoms with E-state index in [1.54, 1.807) is 18.5 Å². The number of nitrogens with zero attached hydrogens (tertiary/aromatic N) is 3. The van der Waals surface area contributed by atoms with Gasteiger partial charge in [-0.25, -0.2) is 9.50 Å². The van der Waals surface area contributed by atoms with E-state index < -0.39 is 5.91 Å². The Morgan fingerprint density at radius 1 is 1.50 bits per heavy atom. The van der Waals surface area contributed by atoms with Gasteiger partial charge in [-0.05, 0) is 6.07 Å². The summed E-state index contributed by atoms with van der Waals surface area (Å²) < 4.78 is 1.50. The molecule has 2 aromatic heterocycles. The molecular formula is C7H6N4O. The van der Waals surface area contributed by atoms with E-state index >= 15 is 0 Å². The fourth-order valence-corrected chi connectivity index (χ4v) is 1.03. The van der Waals surface area contributed by atoms with Crippen molar-refractivity contribution in [2.75, 3.05) is 0 Å². The second-order valence-corrected chi connectivity index (χ2v) is 2.30. The first-order valence-corrected chi connectivity index (χ1v) is 3.37. The van der Waals surface area contributed by atoms with Crippen molar-refractivity contribution in [3.8, 4) is 0 Å². The van der Waals surface area contributed by atoms with Gasteiger partial charge in [-0.3, -0.25) is 4.79 Å². The minimum atomic E-state index is -0.492. The van der Waals surface area contributed by atoms with Gasteiger partial charge in [0.2, 0.25) is 0 Å². The van der Waals surface area contributed by atoms with Crippen LogP contribution < -0.4 is 5.73 Å². The number of amides is 1. The lowest BCUT2D eigenvalue weighted by Crippen LogP contribution is -2.13. The van der Waals surface area contributed by atoms with Crippen molar-refractivity contribution in [2.24, 2.45) is 5.73 Å². The zero-order valence-electron chi connectivity index (χ0n) is 6.14. The van der Waals surface area contributed by atoms with Crippen LogP contribution in [0.4, 0.5) is 0 Å². The zero-order valence-corrected chi connectivity index (χ0v) is 6.14. The average molecular weight is 162 g/mol. The summed E-state index contributed by atoms with van der Waals surface area (Å²) in [6, 6.07) is 1.55. The van der Waals surface area contributed by atoms with Crippen LogP contribution in [-0.2, 0) is 0 Å². The minimum Gasteiger partial charge on any atom is -0.365 e. The van der Waals surface area contributed by atoms with Crippen molar-refractivity contribution in [3.05, 3.63) is 30.2 Å². The van der Waals surface area contributed by atoms with Gasteiger partial charge in [-0.1, -0.05) is 0 Å². The number of aromatic nitrogens is 3. The number of nitrogens with two attached hydrogens (primary N) is 1. The molecule has 1 amide bonds. The number of rotatable bonds is 1. The van der Waals surface area contributed by atoms with Crippen molar-refractivity contribution < 1.29 is 4.79 Å². The van der Waals surface area contributed by atoms with Gasteiger partial charge in [0.25, 0.3) is 5.91 Å². The lowest BCUT2D eigenvalue weighted by atomic mass is 10.3. The molecule has 0 radical (unpaired) electrons. The summed E-state index contributed by atoms with van der Waals surface area (Å²) in [6.07, 6.45) is 4.73. The van der Waals surface area contributed by atoms with Crippen LogP contribution in [0.25, 0.3) is 5.65 Å². The predicted octanol–water partition coefficient (Wildman–Crippen LogP) is -0.172. The highest BCUT2D eigenvalue weighted by Crippen LogP contribution is 2.04. The number of hydrogen-bond acceptors (Lipinski definition) is 3. The Kier molecular flexibility index (Phi) is 1.30. The molecule has 5 nitrogen and oxygen atoms in total. The minimum absolute atomic E-state index is 0.384. The maximum absolute atomic E-state index is 10.9. The Balaban J connectivity index is 2.82. The molecule has 0 saturated heterocycles. The third kappa shape index (κ3) is 0.833. The smallest absolute Gasteiger partial charge is 0.252 e. The molecule has 0 fully saturated rings. The van der Waals surface area contributed by atoms with Crippen LogP contribution in [0, 0.1) is 0 Å². The molecular weight excluding hydrogens is 156 g/mol. The molecule has 0 atom stereocenters. The van der Waals surface area contributed by atoms with Gasteiger partial charge < -0.3 is 5.73 Å². The van der Waals surface area contributed by atoms with Crippen LogP contribution in [0.1, 0.15) is 10.4 Å². The molecule has 0 saturated carbocycles. The normalized spacial score (nSPS) is 10.3. The number of imidazole rings is 1. The van der Waals surface area contributed by atoms with Gasteiger partial charge in [0.05, 0.1) is 5.56 Å². The van der Waals surface area contributed by atoms with Crippen LogP contribution >= 0.6 is 0 Å². The van der Waals surface area contributed by atoms with E-state index in [2.05, 4.69) is 10.1 Å². The Morgan fingerprint density at radius 3 is 3.08 bits per heavy atom. The van der Waals surface area contributed by atoms with Crippen LogP contribution in [0.3, 0.4) is 0 Å². The number of carbonyl (C=O) groups is 1. The fraction of sp³-hybridized carbons (Fsp3) is 0. The Labute approximate surface area is 67.8 Å². The van der Waals surface area contributed by atoms with Gasteiger partial charge >= 0.3 is 0 Å². The van der Waals surface area contributed by atoms with Crippen molar-refractivity contribution in [2.45, 2.75) is 0 Å². The van der Waals surface area contributed by atoms with Gasteiger partial charge in [-0.2, -0.15) is 5.10 Å². The second kappa shape index (κ2) is 2.30. The Morgan fingerprint density at radius 2 is 2.33 bits per heavy atom. The molecule has 0 aliphatic rings. The van der Waals surface area contributed by atoms with Crippen LogP contribution in [0.5, 0.6) is 0 Å². The van der Waals surface area contributed by atoms with E-state index in [0.29, 0.717) is 11.2 Å². The molecule has 0 aliphatic carbocycles. The third-order valence-electron chi connectivity index (χ3n) is 1.56. The number of fused-ring (bicyclic) bond motifs is 1. The lowest BCUT2D eigenvalue weighted by Gasteiger charge is -1.96. The maximum Gasteiger partial charge on any atom is 0.252 e. The molecule has 2 aromatic rings. The number of carbonyl (C=O) groups excluding carboxylic acids is 1. The van der Waals surface area contributed by atoms with E-state index in [4.69, 9.17) is 5.73 Å². The SMILES string of the molecule is NC(=O)c1ccnn2ccnc12. The van der Waals surface area contributed by atoms with Gasteiger partial charge in [-0.15, -0.1) is 0 Å². The summed E-state index contributed by atoms with van der Waals surface area (Å²) in [7, 11) is 0. The highest BCUT2D eigenvalue weighted by atomic mass is 16.1. The van der Waals surface area contributed by atoms with Crippen molar-refractivity contribution in [1.82, 2.24) is 14.6 Å². The Bertz CT molecular complexity index is 434. The van der Waals surface area contributed by atoms with E-state index in [-0.39, 0.29) is 0 Å². The third-order valence-corrected chi connectivity index (χ3v) is 1.56. The first-order valence-electron chi connectivity index (χ1n) is 3.37. The van der Waals surface area contributed by atoms with Gasteiger partial charge in [0.1, 0.15) is 0 Å². The first kappa shape index (κ1) is 6.78. The van der Waals surface area contributed by atoms with Crippen molar-refractivity contribution in [1.29, 1.82) is 0 Å². The molecule has 0 aliphatic heterocycles. The largest absolute Gasteiger partial charge is 0.365 e. The molecule has 2 N–H and O–H groups in total. The quantitative estimate of drug-likeness (QED) is 0.632. The molecule has 0 unspecified atom stereocenters. The number of hydrogen-bond donors (Lipinski definition) is 1. The van der Waals surface area contributed by atoms with Crippen LogP contribution in [0.15, 0.2) is 24.7 Å². The summed E-state index contributed by atoms with van der Waals surface area (Å²) in [4.78, 5) is 14.8. The zero-order chi connectivity index (χ0) is 8.55. The maximum atomic E-state index is 10.9. The van der Waals surface area contributed by atoms with Gasteiger partial charge in [0, 0.05) is 18.6 Å². The van der Waals surface area contributed by atoms with E-state index in [1.807, 2.05) is 0 Å². The van der Waals surface area contributed by atoms with Gasteiger partial charge in [0.15, 0.2) is 5.65 Å². The summed E-state index contributed by atoms with van der Waals surface area (Å²) >= 11 is 0. The van der Waals surface area contributed by atoms with Crippen molar-refractivity contribution in [3.63, 3.8) is 0 Å². The lowest BCUT2D eigenvalue weighted by molar-refractivity contribution is 0.100. The van der Waals surface area contributed by atoms with Crippen molar-refractivity contribution >= 4 is 11.6 Å². The monoisotopic (exact) mass is 162 g/mol. The summed E-state index contributed by atoms with van der Waals surface area (Å²) in [5.41, 5.74) is 5.99. The summed E-state index contributed by atoms with van der Waals surface area (Å²) in [6.45, 7) is 0. The Hall–Kier alpha value is -1.91. The van der Waals surface area contributed by atoms with Crippen LogP contribution in [0.2, 0.25) is 0 Å². The molecule has 12 heavy (non-hydrogen) atoms. The van der Waals surface area contributed by atoms with Crippen LogP contribution in [-0.4, -0.2) is 20.5 Å². The molecule has 5 heteroatoms. The number of primary amides is 1. The highest BCUT2D eigenvalue weighted by Gasteiger charge is 2.06. The van der Waals surface area contributed by atoms with E-state index in [0.717, 1.165) is 0 Å².